The van der Waals surface area contributed by atoms with Crippen LogP contribution in [0.2, 0.25) is 0 Å². The number of aromatic carboxylic acids is 1. The minimum Gasteiger partial charge on any atom is -0.478 e. The number of carboxylic acids is 1. The monoisotopic (exact) mass is 290 g/mol. The molecule has 1 aliphatic rings. The normalized spacial score (nSPS) is 20.1. The third kappa shape index (κ3) is 2.23. The lowest BCUT2D eigenvalue weighted by molar-refractivity contribution is 0.0697. The summed E-state index contributed by atoms with van der Waals surface area (Å²) in [6.45, 7) is 3.15. The third-order valence-corrected chi connectivity index (χ3v) is 4.19. The number of pyridine rings is 1. The van der Waals surface area contributed by atoms with E-state index in [4.69, 9.17) is 0 Å². The molecule has 1 aliphatic heterocycles. The van der Waals surface area contributed by atoms with Gasteiger partial charge in [-0.2, -0.15) is 5.10 Å². The summed E-state index contributed by atoms with van der Waals surface area (Å²) in [6, 6.07) is 0. The van der Waals surface area contributed by atoms with Crippen LogP contribution in [0.1, 0.15) is 23.7 Å². The molecule has 0 amide bonds. The maximum atomic E-state index is 11.5. The summed E-state index contributed by atoms with van der Waals surface area (Å²) >= 11 is 0. The van der Waals surface area contributed by atoms with Crippen LogP contribution in [0.3, 0.4) is 0 Å². The van der Waals surface area contributed by atoms with Gasteiger partial charge in [-0.15, -0.1) is 0 Å². The Hall–Kier alpha value is -2.15. The van der Waals surface area contributed by atoms with E-state index in [1.807, 2.05) is 4.90 Å². The minimum atomic E-state index is -0.997. The molecule has 0 aromatic carbocycles. The highest BCUT2D eigenvalue weighted by molar-refractivity contribution is 6.03. The Balaban J connectivity index is 2.11. The largest absolute Gasteiger partial charge is 0.478 e. The topological polar surface area (TPSA) is 91.5 Å². The van der Waals surface area contributed by atoms with Crippen molar-refractivity contribution < 1.29 is 15.0 Å². The summed E-state index contributed by atoms with van der Waals surface area (Å²) in [6.07, 6.45) is 3.49. The van der Waals surface area contributed by atoms with E-state index in [2.05, 4.69) is 10.1 Å². The second-order valence-electron chi connectivity index (χ2n) is 5.57. The number of aliphatic hydroxyl groups is 1. The minimum absolute atomic E-state index is 0.159. The Morgan fingerprint density at radius 1 is 1.48 bits per heavy atom. The first-order valence-electron chi connectivity index (χ1n) is 6.96. The van der Waals surface area contributed by atoms with E-state index < -0.39 is 12.1 Å². The number of anilines is 1. The lowest BCUT2D eigenvalue weighted by Gasteiger charge is -2.22. The van der Waals surface area contributed by atoms with E-state index in [9.17, 15) is 15.0 Å². The van der Waals surface area contributed by atoms with Gasteiger partial charge in [0.15, 0.2) is 5.65 Å². The number of fused-ring (bicyclic) bond motifs is 1. The second-order valence-corrected chi connectivity index (χ2v) is 5.57. The van der Waals surface area contributed by atoms with E-state index >= 15 is 0 Å². The predicted molar refractivity (Wildman–Crippen MR) is 77.5 cm³/mol. The Bertz CT molecular complexity index is 695. The molecule has 7 nitrogen and oxygen atoms in total. The summed E-state index contributed by atoms with van der Waals surface area (Å²) in [5.41, 5.74) is 1.50. The molecule has 2 unspecified atom stereocenters. The van der Waals surface area contributed by atoms with Crippen LogP contribution in [-0.4, -0.2) is 50.1 Å². The van der Waals surface area contributed by atoms with Crippen molar-refractivity contribution in [2.45, 2.75) is 19.4 Å². The van der Waals surface area contributed by atoms with Crippen molar-refractivity contribution in [2.75, 3.05) is 18.0 Å². The number of hydrogen-bond donors (Lipinski definition) is 2. The van der Waals surface area contributed by atoms with Gasteiger partial charge in [-0.25, -0.2) is 9.78 Å². The van der Waals surface area contributed by atoms with Crippen molar-refractivity contribution in [1.82, 2.24) is 14.8 Å². The lowest BCUT2D eigenvalue weighted by Crippen LogP contribution is -2.25. The summed E-state index contributed by atoms with van der Waals surface area (Å²) in [4.78, 5) is 17.7. The van der Waals surface area contributed by atoms with Gasteiger partial charge in [0.05, 0.1) is 23.4 Å². The van der Waals surface area contributed by atoms with Gasteiger partial charge in [-0.1, -0.05) is 0 Å². The smallest absolute Gasteiger partial charge is 0.339 e. The molecule has 2 aromatic rings. The average molecular weight is 290 g/mol. The Kier molecular flexibility index (Phi) is 3.29. The summed E-state index contributed by atoms with van der Waals surface area (Å²) < 4.78 is 1.63. The molecule has 0 radical (unpaired) electrons. The van der Waals surface area contributed by atoms with Crippen LogP contribution in [0, 0.1) is 5.92 Å². The Morgan fingerprint density at radius 2 is 2.24 bits per heavy atom. The van der Waals surface area contributed by atoms with Gasteiger partial charge in [0.2, 0.25) is 0 Å². The molecule has 2 N–H and O–H groups in total. The molecule has 0 saturated carbocycles. The second kappa shape index (κ2) is 5.00. The Labute approximate surface area is 121 Å². The first-order valence-corrected chi connectivity index (χ1v) is 6.96. The fourth-order valence-electron chi connectivity index (χ4n) is 2.96. The van der Waals surface area contributed by atoms with Crippen LogP contribution in [0.4, 0.5) is 5.69 Å². The quantitative estimate of drug-likeness (QED) is 0.871. The van der Waals surface area contributed by atoms with E-state index in [-0.39, 0.29) is 11.5 Å². The summed E-state index contributed by atoms with van der Waals surface area (Å²) in [5.74, 6) is -0.838. The van der Waals surface area contributed by atoms with Gasteiger partial charge in [-0.05, 0) is 13.3 Å². The maximum absolute atomic E-state index is 11.5. The zero-order valence-corrected chi connectivity index (χ0v) is 12.0. The van der Waals surface area contributed by atoms with Gasteiger partial charge in [0, 0.05) is 32.3 Å². The molecular weight excluding hydrogens is 272 g/mol. The molecule has 1 saturated heterocycles. The molecular formula is C14H18N4O3. The van der Waals surface area contributed by atoms with Gasteiger partial charge >= 0.3 is 5.97 Å². The van der Waals surface area contributed by atoms with E-state index in [0.29, 0.717) is 17.9 Å². The van der Waals surface area contributed by atoms with Gasteiger partial charge in [-0.3, -0.25) is 4.68 Å². The number of aliphatic hydroxyl groups excluding tert-OH is 1. The molecule has 3 heterocycles. The SMILES string of the molecule is CC(O)C1CCN(c2c(C(=O)O)cnc3c2cnn3C)C1. The predicted octanol–water partition coefficient (Wildman–Crippen LogP) is 0.874. The standard InChI is InChI=1S/C14H18N4O3/c1-8(19)9-3-4-18(7-9)12-10-6-16-17(2)13(10)15-5-11(12)14(20)21/h5-6,8-9,19H,3-4,7H2,1-2H3,(H,20,21). The Morgan fingerprint density at radius 3 is 2.86 bits per heavy atom. The highest BCUT2D eigenvalue weighted by atomic mass is 16.4. The molecule has 112 valence electrons. The van der Waals surface area contributed by atoms with Gasteiger partial charge in [0.1, 0.15) is 5.56 Å². The first-order chi connectivity index (χ1) is 9.99. The fraction of sp³-hybridized carbons (Fsp3) is 0.500. The summed E-state index contributed by atoms with van der Waals surface area (Å²) in [7, 11) is 1.78. The van der Waals surface area contributed by atoms with Crippen molar-refractivity contribution in [3.63, 3.8) is 0 Å². The number of hydrogen-bond acceptors (Lipinski definition) is 5. The van der Waals surface area contributed by atoms with Gasteiger partial charge in [0.25, 0.3) is 0 Å². The lowest BCUT2D eigenvalue weighted by atomic mass is 10.0. The van der Waals surface area contributed by atoms with E-state index in [1.54, 1.807) is 24.9 Å². The molecule has 1 fully saturated rings. The van der Waals surface area contributed by atoms with Crippen LogP contribution in [0.15, 0.2) is 12.4 Å². The molecule has 0 bridgehead atoms. The van der Waals surface area contributed by atoms with E-state index in [1.165, 1.54) is 6.20 Å². The highest BCUT2D eigenvalue weighted by Crippen LogP contribution is 2.34. The zero-order valence-electron chi connectivity index (χ0n) is 12.0. The average Bonchev–Trinajstić information content (AvgIpc) is 3.05. The first kappa shape index (κ1) is 13.8. The van der Waals surface area contributed by atoms with Crippen molar-refractivity contribution in [1.29, 1.82) is 0 Å². The number of carboxylic acid groups (broad SMARTS) is 1. The number of nitrogens with zero attached hydrogens (tertiary/aromatic N) is 4. The molecule has 2 atom stereocenters. The van der Waals surface area contributed by atoms with Crippen molar-refractivity contribution in [3.05, 3.63) is 18.0 Å². The van der Waals surface area contributed by atoms with Crippen molar-refractivity contribution in [3.8, 4) is 0 Å². The summed E-state index contributed by atoms with van der Waals surface area (Å²) in [5, 5.41) is 24.1. The van der Waals surface area contributed by atoms with Crippen LogP contribution in [-0.2, 0) is 7.05 Å². The maximum Gasteiger partial charge on any atom is 0.339 e. The van der Waals surface area contributed by atoms with Crippen LogP contribution in [0.5, 0.6) is 0 Å². The van der Waals surface area contributed by atoms with Crippen LogP contribution in [0.25, 0.3) is 11.0 Å². The number of aryl methyl sites for hydroxylation is 1. The molecule has 3 rings (SSSR count). The number of rotatable bonds is 3. The molecule has 7 heteroatoms. The fourth-order valence-corrected chi connectivity index (χ4v) is 2.96. The van der Waals surface area contributed by atoms with E-state index in [0.717, 1.165) is 18.4 Å². The molecule has 0 spiro atoms. The molecule has 0 aliphatic carbocycles. The van der Waals surface area contributed by atoms with Crippen molar-refractivity contribution in [2.24, 2.45) is 13.0 Å². The number of carbonyl (C=O) groups is 1. The van der Waals surface area contributed by atoms with Crippen LogP contribution < -0.4 is 4.90 Å². The molecule has 2 aromatic heterocycles. The molecule has 21 heavy (non-hydrogen) atoms. The zero-order chi connectivity index (χ0) is 15.1. The third-order valence-electron chi connectivity index (χ3n) is 4.19. The van der Waals surface area contributed by atoms with Crippen molar-refractivity contribution >= 4 is 22.7 Å². The number of aromatic nitrogens is 3. The van der Waals surface area contributed by atoms with Gasteiger partial charge < -0.3 is 15.1 Å². The van der Waals surface area contributed by atoms with Crippen LogP contribution >= 0.6 is 0 Å². The highest BCUT2D eigenvalue weighted by Gasteiger charge is 2.30.